The molecule has 0 bridgehead atoms. The summed E-state index contributed by atoms with van der Waals surface area (Å²) in [4.78, 5) is 90.9. The van der Waals surface area contributed by atoms with Crippen molar-refractivity contribution in [1.82, 2.24) is 30.2 Å². The van der Waals surface area contributed by atoms with Gasteiger partial charge in [0.2, 0.25) is 16.9 Å². The minimum absolute atomic E-state index is 0.00928. The molecule has 2 aromatic carbocycles. The van der Waals surface area contributed by atoms with Crippen LogP contribution in [0.25, 0.3) is 11.2 Å². The summed E-state index contributed by atoms with van der Waals surface area (Å²) in [5.74, 6) is -2.56. The highest BCUT2D eigenvalue weighted by Gasteiger charge is 2.50. The van der Waals surface area contributed by atoms with Crippen LogP contribution in [-0.4, -0.2) is 154 Å². The zero-order valence-electron chi connectivity index (χ0n) is 41.2. The molecule has 424 valence electrons. The van der Waals surface area contributed by atoms with Crippen LogP contribution in [0.5, 0.6) is 11.5 Å². The largest absolute Gasteiger partial charge is 0.494 e. The van der Waals surface area contributed by atoms with E-state index < -0.39 is 108 Å². The molecule has 0 radical (unpaired) electrons. The van der Waals surface area contributed by atoms with E-state index in [0.29, 0.717) is 24.3 Å². The van der Waals surface area contributed by atoms with Crippen molar-refractivity contribution in [3.63, 3.8) is 0 Å². The Morgan fingerprint density at radius 3 is 2.42 bits per heavy atom. The van der Waals surface area contributed by atoms with Crippen molar-refractivity contribution in [2.24, 2.45) is 11.1 Å². The quantitative estimate of drug-likeness (QED) is 0.0166. The number of aromatic nitrogens is 4. The highest BCUT2D eigenvalue weighted by Crippen LogP contribution is 2.61. The Bertz CT molecular complexity index is 2900. The lowest BCUT2D eigenvalue weighted by Crippen LogP contribution is -2.46. The van der Waals surface area contributed by atoms with Gasteiger partial charge in [0.1, 0.15) is 60.0 Å². The number of aliphatic hydroxyl groups excluding tert-OH is 2. The molecule has 2 fully saturated rings. The first-order valence-electron chi connectivity index (χ1n) is 23.1. The smallest absolute Gasteiger partial charge is 0.481 e. The summed E-state index contributed by atoms with van der Waals surface area (Å²) in [6.45, 7) is 2.60. The molecule has 30 nitrogen and oxygen atoms in total. The summed E-state index contributed by atoms with van der Waals surface area (Å²) < 4.78 is 96.0. The van der Waals surface area contributed by atoms with Crippen molar-refractivity contribution in [1.29, 1.82) is 5.41 Å². The van der Waals surface area contributed by atoms with Crippen LogP contribution in [-0.2, 0) is 55.4 Å². The van der Waals surface area contributed by atoms with Gasteiger partial charge in [0.15, 0.2) is 29.3 Å². The first-order chi connectivity index (χ1) is 36.2. The maximum atomic E-state index is 16.3. The molecule has 2 amide bonds. The Morgan fingerprint density at radius 1 is 1.04 bits per heavy atom. The molecule has 14 N–H and O–H groups in total. The molecule has 2 saturated heterocycles. The van der Waals surface area contributed by atoms with Gasteiger partial charge in [0.25, 0.3) is 0 Å². The first-order valence-corrected chi connectivity index (χ1v) is 28.7. The zero-order valence-corrected chi connectivity index (χ0v) is 44.7. The van der Waals surface area contributed by atoms with Crippen molar-refractivity contribution in [3.8, 4) is 11.5 Å². The Balaban J connectivity index is 0.963. The van der Waals surface area contributed by atoms with Gasteiger partial charge in [-0.1, -0.05) is 25.6 Å². The van der Waals surface area contributed by atoms with Gasteiger partial charge in [-0.25, -0.2) is 33.0 Å². The van der Waals surface area contributed by atoms with Crippen LogP contribution in [0.2, 0.25) is 0 Å². The lowest BCUT2D eigenvalue weighted by molar-refractivity contribution is -0.137. The first kappa shape index (κ1) is 61.0. The monoisotopic (exact) mass is 1170 g/mol. The van der Waals surface area contributed by atoms with Crippen LogP contribution < -0.4 is 36.9 Å². The predicted molar refractivity (Wildman–Crippen MR) is 268 cm³/mol. The van der Waals surface area contributed by atoms with E-state index in [0.717, 1.165) is 29.0 Å². The van der Waals surface area contributed by atoms with E-state index in [1.807, 2.05) is 0 Å². The molecule has 2 aromatic heterocycles. The average molecular weight is 1170 g/mol. The predicted octanol–water partition coefficient (Wildman–Crippen LogP) is 1.51. The number of phosphoric ester groups is 3. The number of imidazole rings is 1. The lowest BCUT2D eigenvalue weighted by Gasteiger charge is -2.30. The number of anilines is 2. The molecule has 4 heterocycles. The molecule has 7 unspecified atom stereocenters. The number of nitrogens with zero attached hydrogens (tertiary/aromatic N) is 4. The summed E-state index contributed by atoms with van der Waals surface area (Å²) in [7, 11) is -16.6. The van der Waals surface area contributed by atoms with E-state index in [1.54, 1.807) is 31.2 Å². The number of amides is 2. The molecule has 6 rings (SSSR count). The molecule has 0 spiro atoms. The fraction of sp³-hybridized carbons (Fsp3) is 0.500. The third kappa shape index (κ3) is 16.9. The normalized spacial score (nSPS) is 21.1. The van der Waals surface area contributed by atoms with E-state index >= 15 is 4.39 Å². The van der Waals surface area contributed by atoms with Crippen molar-refractivity contribution in [2.75, 3.05) is 62.9 Å². The second-order valence-corrected chi connectivity index (χ2v) is 23.0. The Hall–Kier alpha value is -5.24. The van der Waals surface area contributed by atoms with Crippen LogP contribution in [0.4, 0.5) is 15.9 Å². The maximum absolute atomic E-state index is 16.3. The SMILES string of the molecule is CCOc1cc(O[C@@H]2CCOC2)c(F)c([C@@H](Nc2ccc(C(=N)N)cc2)C(=O)SCCNC(=O)CCNC(=O)C(O)C(C)(C)COP(=O)(O)OP(=O)(O)OCC2OC(n3cnc4c(N)ncnc43)C(O)C2OP(=O)(O)O)c1. The molecule has 4 aromatic rings. The fourth-order valence-corrected chi connectivity index (χ4v) is 11.1. The van der Waals surface area contributed by atoms with E-state index in [-0.39, 0.29) is 78.4 Å². The van der Waals surface area contributed by atoms with Gasteiger partial charge in [0, 0.05) is 60.0 Å². The van der Waals surface area contributed by atoms with Crippen LogP contribution in [0.3, 0.4) is 0 Å². The standard InChI is InChI=1S/C42H58FN10O20P3S/c1-4-67-25-15-26(30(43)27(16-25)70-24-10-13-66-17-24)31(52-23-7-5-22(6-8-23)36(44)45)41(58)77-14-12-47-29(54)9-11-48-39(57)35(56)42(2,3)19-69-76(64,65)73-75(62,63)68-18-28-34(72-74(59,60)61)33(55)40(71-28)53-21-51-32-37(46)49-20-50-38(32)53/h5-8,15-16,20-21,24,28,31,33-35,40,52,55-56H,4,9-14,17-19H2,1-3H3,(H3,44,45)(H,47,54)(H,48,57)(H,62,63)(H,64,65)(H2,46,49,50)(H2,59,60,61)/t24-,28?,31-,33?,34?,35?,40?/m1/s1. The van der Waals surface area contributed by atoms with E-state index in [1.165, 1.54) is 26.0 Å². The number of amidine groups is 1. The number of fused-ring (bicyclic) bond motifs is 1. The molecule has 9 atom stereocenters. The molecular formula is C42H58FN10O20P3S. The lowest BCUT2D eigenvalue weighted by atomic mass is 9.87. The van der Waals surface area contributed by atoms with Gasteiger partial charge in [-0.2, -0.15) is 4.31 Å². The number of nitrogens with one attached hydrogen (secondary N) is 4. The van der Waals surface area contributed by atoms with Crippen molar-refractivity contribution in [2.45, 2.75) is 76.4 Å². The van der Waals surface area contributed by atoms with Gasteiger partial charge in [-0.3, -0.25) is 37.9 Å². The van der Waals surface area contributed by atoms with Crippen molar-refractivity contribution >= 4 is 80.7 Å². The zero-order chi connectivity index (χ0) is 56.5. The van der Waals surface area contributed by atoms with E-state index in [4.69, 9.17) is 44.9 Å². The minimum Gasteiger partial charge on any atom is -0.494 e. The van der Waals surface area contributed by atoms with Gasteiger partial charge >= 0.3 is 23.5 Å². The number of nitrogens with two attached hydrogens (primary N) is 2. The summed E-state index contributed by atoms with van der Waals surface area (Å²) in [5.41, 5.74) is 10.5. The number of carbonyl (C=O) groups is 3. The third-order valence-electron chi connectivity index (χ3n) is 11.3. The maximum Gasteiger partial charge on any atom is 0.481 e. The number of aliphatic hydroxyl groups is 2. The highest BCUT2D eigenvalue weighted by molar-refractivity contribution is 8.13. The third-order valence-corrected chi connectivity index (χ3v) is 15.4. The Labute approximate surface area is 442 Å². The number of hydrogen-bond acceptors (Lipinski definition) is 23. The number of ether oxygens (including phenoxy) is 4. The van der Waals surface area contributed by atoms with Gasteiger partial charge in [-0.05, 0) is 37.3 Å². The number of benzene rings is 2. The molecule has 0 saturated carbocycles. The number of nitrogen functional groups attached to an aromatic ring is 2. The van der Waals surface area contributed by atoms with Crippen LogP contribution >= 0.6 is 35.2 Å². The summed E-state index contributed by atoms with van der Waals surface area (Å²) in [5, 5.41) is 36.9. The van der Waals surface area contributed by atoms with Crippen molar-refractivity contribution < 1.29 is 99.1 Å². The molecule has 2 aliphatic heterocycles. The second kappa shape index (κ2) is 26.1. The topological polar surface area (TPSA) is 453 Å². The average Bonchev–Trinajstić information content (AvgIpc) is 4.14. The fourth-order valence-electron chi connectivity index (χ4n) is 7.47. The highest BCUT2D eigenvalue weighted by atomic mass is 32.2. The van der Waals surface area contributed by atoms with E-state index in [2.05, 4.69) is 39.7 Å². The van der Waals surface area contributed by atoms with Crippen LogP contribution in [0.1, 0.15) is 57.0 Å². The number of thioether (sulfide) groups is 1. The summed E-state index contributed by atoms with van der Waals surface area (Å²) >= 11 is 0.782. The molecule has 0 aliphatic carbocycles. The molecule has 35 heteroatoms. The van der Waals surface area contributed by atoms with Gasteiger partial charge in [0.05, 0.1) is 39.4 Å². The summed E-state index contributed by atoms with van der Waals surface area (Å²) in [6.07, 6.45) is -7.22. The molecule has 77 heavy (non-hydrogen) atoms. The number of halogens is 1. The number of phosphoric acid groups is 3. The molecular weight excluding hydrogens is 1110 g/mol. The van der Waals surface area contributed by atoms with Gasteiger partial charge in [-0.15, -0.1) is 0 Å². The Kier molecular flexibility index (Phi) is 20.7. The molecule has 2 aliphatic rings. The van der Waals surface area contributed by atoms with Crippen molar-refractivity contribution in [3.05, 3.63) is 66.0 Å². The Morgan fingerprint density at radius 2 is 1.75 bits per heavy atom. The minimum atomic E-state index is -5.64. The second-order valence-electron chi connectivity index (χ2n) is 17.7. The number of hydrogen-bond donors (Lipinski definition) is 12. The number of rotatable bonds is 28. The number of carbonyl (C=O) groups excluding carboxylic acids is 3. The summed E-state index contributed by atoms with van der Waals surface area (Å²) in [6, 6.07) is 7.71. The van der Waals surface area contributed by atoms with E-state index in [9.17, 15) is 57.9 Å². The van der Waals surface area contributed by atoms with Gasteiger partial charge < -0.3 is 76.2 Å². The van der Waals surface area contributed by atoms with Crippen LogP contribution in [0, 0.1) is 16.6 Å². The van der Waals surface area contributed by atoms with Crippen LogP contribution in [0.15, 0.2) is 49.1 Å².